The first kappa shape index (κ1) is 14.4. The molecule has 0 atom stereocenters. The summed E-state index contributed by atoms with van der Waals surface area (Å²) in [6.45, 7) is 3.74. The van der Waals surface area contributed by atoms with Crippen LogP contribution in [0.4, 0.5) is 0 Å². The summed E-state index contributed by atoms with van der Waals surface area (Å²) >= 11 is 10.5. The first-order valence-corrected chi connectivity index (χ1v) is 5.92. The molecule has 0 radical (unpaired) electrons. The maximum absolute atomic E-state index is 11.4. The van der Waals surface area contributed by atoms with Gasteiger partial charge in [-0.15, -0.1) is 0 Å². The molecule has 1 amide bonds. The van der Waals surface area contributed by atoms with E-state index in [1.165, 1.54) is 6.08 Å². The van der Waals surface area contributed by atoms with Crippen LogP contribution in [0.3, 0.4) is 0 Å². The molecular formula is C13H12ClNO2S. The molecule has 18 heavy (non-hydrogen) atoms. The maximum atomic E-state index is 11.4. The Labute approximate surface area is 116 Å². The van der Waals surface area contributed by atoms with E-state index in [9.17, 15) is 4.79 Å². The lowest BCUT2D eigenvalue weighted by atomic mass is 10.2. The summed E-state index contributed by atoms with van der Waals surface area (Å²) in [5, 5.41) is 3.08. The van der Waals surface area contributed by atoms with Crippen molar-refractivity contribution in [3.63, 3.8) is 0 Å². The molecule has 0 fully saturated rings. The monoisotopic (exact) mass is 281 g/mol. The highest BCUT2D eigenvalue weighted by molar-refractivity contribution is 7.80. The minimum Gasteiger partial charge on any atom is -0.467 e. The lowest BCUT2D eigenvalue weighted by molar-refractivity contribution is -0.115. The Kier molecular flexibility index (Phi) is 6.11. The van der Waals surface area contributed by atoms with Gasteiger partial charge in [0.15, 0.2) is 0 Å². The third-order valence-corrected chi connectivity index (χ3v) is 2.33. The number of ether oxygens (including phenoxy) is 1. The zero-order valence-electron chi connectivity index (χ0n) is 9.56. The molecule has 1 aromatic rings. The van der Waals surface area contributed by atoms with Crippen LogP contribution >= 0.6 is 23.8 Å². The summed E-state index contributed by atoms with van der Waals surface area (Å²) in [6, 6.07) is 7.10. The van der Waals surface area contributed by atoms with Gasteiger partial charge in [0.2, 0.25) is 0 Å². The zero-order chi connectivity index (χ0) is 13.4. The molecule has 0 bridgehead atoms. The standard InChI is InChI=1S/C13H12ClNO2S/c1-2-9-17-13(18)15-12(16)8-5-10-3-6-11(14)7-4-10/h2-8H,1,9H2,(H,15,16,18). The van der Waals surface area contributed by atoms with Crippen LogP contribution in [0, 0.1) is 0 Å². The molecule has 94 valence electrons. The predicted octanol–water partition coefficient (Wildman–Crippen LogP) is 2.96. The van der Waals surface area contributed by atoms with Crippen LogP contribution in [0.15, 0.2) is 43.0 Å². The van der Waals surface area contributed by atoms with E-state index in [0.29, 0.717) is 5.02 Å². The number of benzene rings is 1. The fourth-order valence-corrected chi connectivity index (χ4v) is 1.35. The van der Waals surface area contributed by atoms with Crippen molar-refractivity contribution in [3.8, 4) is 0 Å². The Morgan fingerprint density at radius 1 is 1.44 bits per heavy atom. The molecule has 1 aromatic carbocycles. The van der Waals surface area contributed by atoms with Gasteiger partial charge in [0.1, 0.15) is 6.61 Å². The van der Waals surface area contributed by atoms with Gasteiger partial charge in [0.25, 0.3) is 11.1 Å². The maximum Gasteiger partial charge on any atom is 0.263 e. The van der Waals surface area contributed by atoms with E-state index in [4.69, 9.17) is 28.6 Å². The first-order valence-electron chi connectivity index (χ1n) is 5.14. The van der Waals surface area contributed by atoms with Gasteiger partial charge in [0.05, 0.1) is 0 Å². The molecule has 5 heteroatoms. The minimum absolute atomic E-state index is 0.0284. The lowest BCUT2D eigenvalue weighted by Gasteiger charge is -2.04. The third-order valence-electron chi connectivity index (χ3n) is 1.85. The highest BCUT2D eigenvalue weighted by atomic mass is 35.5. The average molecular weight is 282 g/mol. The molecule has 0 aliphatic carbocycles. The first-order chi connectivity index (χ1) is 8.61. The second-order valence-electron chi connectivity index (χ2n) is 3.26. The molecule has 1 N–H and O–H groups in total. The summed E-state index contributed by atoms with van der Waals surface area (Å²) in [5.74, 6) is -0.348. The van der Waals surface area contributed by atoms with E-state index in [0.717, 1.165) is 5.56 Å². The van der Waals surface area contributed by atoms with Gasteiger partial charge in [-0.05, 0) is 36.0 Å². The predicted molar refractivity (Wildman–Crippen MR) is 77.4 cm³/mol. The average Bonchev–Trinajstić information content (AvgIpc) is 2.35. The van der Waals surface area contributed by atoms with Crippen molar-refractivity contribution >= 4 is 41.0 Å². The molecule has 3 nitrogen and oxygen atoms in total. The van der Waals surface area contributed by atoms with Gasteiger partial charge in [-0.3, -0.25) is 10.1 Å². The van der Waals surface area contributed by atoms with Gasteiger partial charge < -0.3 is 4.74 Å². The van der Waals surface area contributed by atoms with Crippen molar-refractivity contribution < 1.29 is 9.53 Å². The molecule has 0 spiro atoms. The molecule has 0 saturated heterocycles. The van der Waals surface area contributed by atoms with Crippen LogP contribution in [0.2, 0.25) is 5.02 Å². The summed E-state index contributed by atoms with van der Waals surface area (Å²) in [6.07, 6.45) is 4.57. The van der Waals surface area contributed by atoms with Crippen LogP contribution in [0.5, 0.6) is 0 Å². The Balaban J connectivity index is 2.46. The van der Waals surface area contributed by atoms with Crippen molar-refractivity contribution in [1.29, 1.82) is 0 Å². The Morgan fingerprint density at radius 3 is 2.72 bits per heavy atom. The largest absolute Gasteiger partial charge is 0.467 e. The molecule has 0 aliphatic rings. The second-order valence-corrected chi connectivity index (χ2v) is 4.07. The molecule has 0 aliphatic heterocycles. The summed E-state index contributed by atoms with van der Waals surface area (Å²) in [7, 11) is 0. The number of halogens is 1. The Hall–Kier alpha value is -1.65. The van der Waals surface area contributed by atoms with Crippen LogP contribution < -0.4 is 5.32 Å². The van der Waals surface area contributed by atoms with Gasteiger partial charge >= 0.3 is 0 Å². The number of carbonyl (C=O) groups is 1. The molecule has 1 rings (SSSR count). The lowest BCUT2D eigenvalue weighted by Crippen LogP contribution is -2.29. The van der Waals surface area contributed by atoms with Gasteiger partial charge in [-0.1, -0.05) is 36.4 Å². The van der Waals surface area contributed by atoms with Gasteiger partial charge in [-0.2, -0.15) is 0 Å². The fourth-order valence-electron chi connectivity index (χ4n) is 1.06. The van der Waals surface area contributed by atoms with Gasteiger partial charge in [-0.25, -0.2) is 0 Å². The van der Waals surface area contributed by atoms with E-state index in [1.807, 2.05) is 0 Å². The third kappa shape index (κ3) is 5.61. The van der Waals surface area contributed by atoms with Crippen LogP contribution in [-0.2, 0) is 9.53 Å². The summed E-state index contributed by atoms with van der Waals surface area (Å²) in [4.78, 5) is 11.4. The Bertz CT molecular complexity index is 468. The topological polar surface area (TPSA) is 38.3 Å². The van der Waals surface area contributed by atoms with Crippen molar-refractivity contribution in [2.75, 3.05) is 6.61 Å². The Morgan fingerprint density at radius 2 is 2.11 bits per heavy atom. The van der Waals surface area contributed by atoms with Crippen LogP contribution in [0.25, 0.3) is 6.08 Å². The van der Waals surface area contributed by atoms with Crippen molar-refractivity contribution in [1.82, 2.24) is 5.32 Å². The molecule has 0 aromatic heterocycles. The van der Waals surface area contributed by atoms with Crippen molar-refractivity contribution in [2.24, 2.45) is 0 Å². The molecule has 0 unspecified atom stereocenters. The van der Waals surface area contributed by atoms with E-state index >= 15 is 0 Å². The molecule has 0 heterocycles. The summed E-state index contributed by atoms with van der Waals surface area (Å²) < 4.78 is 4.96. The van der Waals surface area contributed by atoms with Crippen molar-refractivity contribution in [2.45, 2.75) is 0 Å². The SMILES string of the molecule is C=CCOC(=S)NC(=O)C=Cc1ccc(Cl)cc1. The fraction of sp³-hybridized carbons (Fsp3) is 0.0769. The number of hydrogen-bond donors (Lipinski definition) is 1. The van der Waals surface area contributed by atoms with Crippen LogP contribution in [-0.4, -0.2) is 17.7 Å². The number of rotatable bonds is 4. The van der Waals surface area contributed by atoms with E-state index in [2.05, 4.69) is 11.9 Å². The highest BCUT2D eigenvalue weighted by Gasteiger charge is 2.00. The zero-order valence-corrected chi connectivity index (χ0v) is 11.1. The number of carbonyl (C=O) groups excluding carboxylic acids is 1. The second kappa shape index (κ2) is 7.63. The normalized spacial score (nSPS) is 10.1. The molecular weight excluding hydrogens is 270 g/mol. The number of thiocarbonyl (C=S) groups is 1. The summed E-state index contributed by atoms with van der Waals surface area (Å²) in [5.41, 5.74) is 0.868. The van der Waals surface area contributed by atoms with Gasteiger partial charge in [0, 0.05) is 11.1 Å². The molecule has 0 saturated carbocycles. The number of nitrogens with one attached hydrogen (secondary N) is 1. The number of hydrogen-bond acceptors (Lipinski definition) is 3. The van der Waals surface area contributed by atoms with Crippen molar-refractivity contribution in [3.05, 3.63) is 53.6 Å². The van der Waals surface area contributed by atoms with Crippen LogP contribution in [0.1, 0.15) is 5.56 Å². The quantitative estimate of drug-likeness (QED) is 0.524. The number of amides is 1. The van der Waals surface area contributed by atoms with E-state index in [-0.39, 0.29) is 17.7 Å². The van der Waals surface area contributed by atoms with E-state index in [1.54, 1.807) is 36.4 Å². The smallest absolute Gasteiger partial charge is 0.263 e. The minimum atomic E-state index is -0.348. The highest BCUT2D eigenvalue weighted by Crippen LogP contribution is 2.10. The van der Waals surface area contributed by atoms with E-state index < -0.39 is 0 Å².